The molecule has 9 heteroatoms. The van der Waals surface area contributed by atoms with Crippen molar-refractivity contribution in [2.24, 2.45) is 5.92 Å². The molecule has 1 saturated carbocycles. The van der Waals surface area contributed by atoms with Crippen LogP contribution in [0.4, 0.5) is 30.7 Å². The minimum absolute atomic E-state index is 0.163. The van der Waals surface area contributed by atoms with Gasteiger partial charge in [-0.25, -0.2) is 22.0 Å². The number of hydrogen-bond acceptors (Lipinski definition) is 2. The molecule has 0 aliphatic heterocycles. The molecule has 0 saturated heterocycles. The lowest BCUT2D eigenvalue weighted by Crippen LogP contribution is -2.26. The normalized spacial score (nSPS) is 18.9. The molecule has 0 radical (unpaired) electrons. The van der Waals surface area contributed by atoms with Crippen LogP contribution in [0.1, 0.15) is 49.1 Å². The van der Waals surface area contributed by atoms with Crippen LogP contribution >= 0.6 is 0 Å². The Bertz CT molecular complexity index is 939. The van der Waals surface area contributed by atoms with Crippen molar-refractivity contribution in [2.45, 2.75) is 44.1 Å². The number of rotatable bonds is 9. The molecule has 180 valence electrons. The van der Waals surface area contributed by atoms with Gasteiger partial charge in [0.2, 0.25) is 0 Å². The maximum atomic E-state index is 14.6. The fourth-order valence-corrected chi connectivity index (χ4v) is 3.98. The van der Waals surface area contributed by atoms with Gasteiger partial charge in [0.15, 0.2) is 17.5 Å². The molecule has 0 heterocycles. The van der Waals surface area contributed by atoms with Crippen LogP contribution in [0.2, 0.25) is 0 Å². The summed E-state index contributed by atoms with van der Waals surface area (Å²) < 4.78 is 107. The summed E-state index contributed by atoms with van der Waals surface area (Å²) in [5.74, 6) is -9.55. The van der Waals surface area contributed by atoms with Crippen LogP contribution < -0.4 is 4.74 Å². The fraction of sp³-hybridized carbons (Fsp3) is 0.417. The second-order valence-corrected chi connectivity index (χ2v) is 8.05. The van der Waals surface area contributed by atoms with Crippen molar-refractivity contribution in [2.75, 3.05) is 13.2 Å². The van der Waals surface area contributed by atoms with Gasteiger partial charge in [0, 0.05) is 18.7 Å². The van der Waals surface area contributed by atoms with E-state index in [4.69, 9.17) is 4.74 Å². The van der Waals surface area contributed by atoms with Crippen LogP contribution in [0.15, 0.2) is 36.9 Å². The van der Waals surface area contributed by atoms with E-state index in [1.165, 1.54) is 0 Å². The van der Waals surface area contributed by atoms with Gasteiger partial charge in [0.1, 0.15) is 22.9 Å². The highest BCUT2D eigenvalue weighted by Gasteiger charge is 2.42. The summed E-state index contributed by atoms with van der Waals surface area (Å²) in [6.45, 7) is 4.77. The third kappa shape index (κ3) is 6.07. The Morgan fingerprint density at radius 3 is 2.00 bits per heavy atom. The molecule has 0 aromatic heterocycles. The van der Waals surface area contributed by atoms with E-state index in [9.17, 15) is 30.7 Å². The van der Waals surface area contributed by atoms with E-state index < -0.39 is 46.5 Å². The summed E-state index contributed by atoms with van der Waals surface area (Å²) in [6, 6.07) is 1.98. The average molecular weight is 476 g/mol. The standard InChI is InChI=1S/C24H23F7O2/c1-2-3-8-32-13-14-4-6-15(7-5-14)16-9-18(25)22(19(26)10-16)24(30,31)33-17-11-20(27)23(29)21(28)12-17/h2,9-12,14-15H,1,3-8,13H2. The number of hydrogen-bond donors (Lipinski definition) is 0. The van der Waals surface area contributed by atoms with Gasteiger partial charge in [0.05, 0.1) is 6.61 Å². The molecule has 0 unspecified atom stereocenters. The maximum absolute atomic E-state index is 14.6. The van der Waals surface area contributed by atoms with Crippen LogP contribution in [0.25, 0.3) is 0 Å². The Labute approximate surface area is 187 Å². The van der Waals surface area contributed by atoms with Gasteiger partial charge in [0.25, 0.3) is 0 Å². The fourth-order valence-electron chi connectivity index (χ4n) is 3.98. The lowest BCUT2D eigenvalue weighted by molar-refractivity contribution is -0.189. The molecule has 0 spiro atoms. The van der Waals surface area contributed by atoms with Crippen LogP contribution in [0.3, 0.4) is 0 Å². The summed E-state index contributed by atoms with van der Waals surface area (Å²) in [5, 5.41) is 0. The predicted molar refractivity (Wildman–Crippen MR) is 108 cm³/mol. The van der Waals surface area contributed by atoms with E-state index in [1.807, 2.05) is 0 Å². The van der Waals surface area contributed by atoms with Crippen molar-refractivity contribution in [3.8, 4) is 5.75 Å². The summed E-state index contributed by atoms with van der Waals surface area (Å²) in [6.07, 6.45) is 0.691. The summed E-state index contributed by atoms with van der Waals surface area (Å²) in [4.78, 5) is 0. The highest BCUT2D eigenvalue weighted by atomic mass is 19.3. The van der Waals surface area contributed by atoms with E-state index in [1.54, 1.807) is 6.08 Å². The van der Waals surface area contributed by atoms with Gasteiger partial charge in [-0.05, 0) is 61.6 Å². The van der Waals surface area contributed by atoms with E-state index in [-0.39, 0.29) is 23.6 Å². The molecule has 3 rings (SSSR count). The highest BCUT2D eigenvalue weighted by molar-refractivity contribution is 5.33. The van der Waals surface area contributed by atoms with Crippen molar-refractivity contribution in [3.05, 3.63) is 77.1 Å². The number of alkyl halides is 2. The lowest BCUT2D eigenvalue weighted by Gasteiger charge is -2.29. The summed E-state index contributed by atoms with van der Waals surface area (Å²) in [5.41, 5.74) is -1.45. The molecular formula is C24H23F7O2. The molecule has 0 amide bonds. The van der Waals surface area contributed by atoms with Crippen molar-refractivity contribution in [3.63, 3.8) is 0 Å². The van der Waals surface area contributed by atoms with Crippen molar-refractivity contribution >= 4 is 0 Å². The minimum atomic E-state index is -4.59. The monoisotopic (exact) mass is 476 g/mol. The van der Waals surface area contributed by atoms with Crippen molar-refractivity contribution in [1.82, 2.24) is 0 Å². The smallest absolute Gasteiger partial charge is 0.429 e. The Kier molecular flexibility index (Phi) is 8.05. The molecule has 2 aromatic carbocycles. The molecule has 0 N–H and O–H groups in total. The van der Waals surface area contributed by atoms with Crippen LogP contribution in [0.5, 0.6) is 5.75 Å². The van der Waals surface area contributed by atoms with Crippen molar-refractivity contribution < 1.29 is 40.2 Å². The lowest BCUT2D eigenvalue weighted by atomic mass is 9.79. The van der Waals surface area contributed by atoms with Gasteiger partial charge in [-0.1, -0.05) is 6.08 Å². The SMILES string of the molecule is C=CCCOCC1CCC(c2cc(F)c(C(F)(F)Oc3cc(F)c(F)c(F)c3)c(F)c2)CC1. The molecule has 2 nitrogen and oxygen atoms in total. The molecule has 0 bridgehead atoms. The van der Waals surface area contributed by atoms with Gasteiger partial charge in [-0.15, -0.1) is 6.58 Å². The second kappa shape index (κ2) is 10.6. The predicted octanol–water partition coefficient (Wildman–Crippen LogP) is 7.38. The van der Waals surface area contributed by atoms with E-state index in [2.05, 4.69) is 11.3 Å². The van der Waals surface area contributed by atoms with E-state index >= 15 is 0 Å². The third-order valence-corrected chi connectivity index (χ3v) is 5.70. The molecule has 0 atom stereocenters. The quantitative estimate of drug-likeness (QED) is 0.163. The maximum Gasteiger partial charge on any atom is 0.432 e. The van der Waals surface area contributed by atoms with Crippen molar-refractivity contribution in [1.29, 1.82) is 0 Å². The Morgan fingerprint density at radius 2 is 1.45 bits per heavy atom. The minimum Gasteiger partial charge on any atom is -0.429 e. The first kappa shape index (κ1) is 25.1. The molecule has 1 aliphatic carbocycles. The van der Waals surface area contributed by atoms with Crippen LogP contribution in [-0.2, 0) is 10.8 Å². The first-order chi connectivity index (χ1) is 15.6. The van der Waals surface area contributed by atoms with E-state index in [0.717, 1.165) is 31.4 Å². The average Bonchev–Trinajstić information content (AvgIpc) is 2.74. The largest absolute Gasteiger partial charge is 0.432 e. The Balaban J connectivity index is 1.70. The summed E-state index contributed by atoms with van der Waals surface area (Å²) >= 11 is 0. The molecule has 1 aliphatic rings. The topological polar surface area (TPSA) is 18.5 Å². The number of ether oxygens (including phenoxy) is 2. The summed E-state index contributed by atoms with van der Waals surface area (Å²) in [7, 11) is 0. The van der Waals surface area contributed by atoms with Crippen LogP contribution in [0, 0.1) is 35.0 Å². The highest BCUT2D eigenvalue weighted by Crippen LogP contribution is 2.40. The zero-order valence-corrected chi connectivity index (χ0v) is 17.7. The third-order valence-electron chi connectivity index (χ3n) is 5.70. The van der Waals surface area contributed by atoms with Crippen LogP contribution in [-0.4, -0.2) is 13.2 Å². The Hall–Kier alpha value is -2.55. The molecule has 33 heavy (non-hydrogen) atoms. The van der Waals surface area contributed by atoms with E-state index in [0.29, 0.717) is 32.0 Å². The first-order valence-corrected chi connectivity index (χ1v) is 10.5. The van der Waals surface area contributed by atoms with Gasteiger partial charge in [-0.3, -0.25) is 0 Å². The number of benzene rings is 2. The second-order valence-electron chi connectivity index (χ2n) is 8.05. The first-order valence-electron chi connectivity index (χ1n) is 10.5. The number of halogens is 7. The Morgan fingerprint density at radius 1 is 0.879 bits per heavy atom. The van der Waals surface area contributed by atoms with Gasteiger partial charge >= 0.3 is 6.11 Å². The molecular weight excluding hydrogens is 453 g/mol. The van der Waals surface area contributed by atoms with Gasteiger partial charge in [-0.2, -0.15) is 8.78 Å². The zero-order valence-electron chi connectivity index (χ0n) is 17.7. The molecule has 1 fully saturated rings. The zero-order chi connectivity index (χ0) is 24.2. The molecule has 2 aromatic rings. The van der Waals surface area contributed by atoms with Gasteiger partial charge < -0.3 is 9.47 Å².